The molecule has 0 radical (unpaired) electrons. The standard InChI is InChI=1S/C22H27F2N3O3S/c1-3-17-4-6-18(7-5-17)16(2)25-22(28)15-26-10-12-27(13-11-26)31(29,30)21-14-19(23)8-9-20(21)24/h4-9,14,16H,3,10-13,15H2,1-2H3,(H,25,28). The van der Waals surface area contributed by atoms with Crippen LogP contribution in [0.1, 0.15) is 31.0 Å². The van der Waals surface area contributed by atoms with Gasteiger partial charge in [-0.3, -0.25) is 9.69 Å². The number of nitrogens with zero attached hydrogens (tertiary/aromatic N) is 2. The highest BCUT2D eigenvalue weighted by Gasteiger charge is 2.31. The molecule has 0 aliphatic carbocycles. The van der Waals surface area contributed by atoms with E-state index in [-0.39, 0.29) is 31.6 Å². The number of piperazine rings is 1. The summed E-state index contributed by atoms with van der Waals surface area (Å²) in [5, 5.41) is 2.96. The Balaban J connectivity index is 1.53. The van der Waals surface area contributed by atoms with E-state index in [1.807, 2.05) is 36.1 Å². The maximum absolute atomic E-state index is 13.9. The van der Waals surface area contributed by atoms with Gasteiger partial charge in [-0.25, -0.2) is 17.2 Å². The minimum absolute atomic E-state index is 0.0968. The number of sulfonamides is 1. The van der Waals surface area contributed by atoms with E-state index in [2.05, 4.69) is 12.2 Å². The molecule has 2 aromatic carbocycles. The number of nitrogens with one attached hydrogen (secondary N) is 1. The zero-order valence-corrected chi connectivity index (χ0v) is 18.5. The summed E-state index contributed by atoms with van der Waals surface area (Å²) >= 11 is 0. The summed E-state index contributed by atoms with van der Waals surface area (Å²) in [5.74, 6) is -1.95. The molecule has 3 rings (SSSR count). The number of carbonyl (C=O) groups is 1. The van der Waals surface area contributed by atoms with Crippen molar-refractivity contribution in [2.75, 3.05) is 32.7 Å². The van der Waals surface area contributed by atoms with Crippen LogP contribution in [-0.4, -0.2) is 56.3 Å². The summed E-state index contributed by atoms with van der Waals surface area (Å²) in [6, 6.07) is 10.3. The quantitative estimate of drug-likeness (QED) is 0.703. The van der Waals surface area contributed by atoms with Crippen LogP contribution in [0, 0.1) is 11.6 Å². The fraction of sp³-hybridized carbons (Fsp3) is 0.409. The summed E-state index contributed by atoms with van der Waals surface area (Å²) in [6.45, 7) is 4.97. The van der Waals surface area contributed by atoms with Crippen molar-refractivity contribution < 1.29 is 22.0 Å². The minimum Gasteiger partial charge on any atom is -0.348 e. The molecule has 0 spiro atoms. The van der Waals surface area contributed by atoms with Crippen LogP contribution in [0.5, 0.6) is 0 Å². The summed E-state index contributed by atoms with van der Waals surface area (Å²) in [7, 11) is -4.14. The molecule has 31 heavy (non-hydrogen) atoms. The number of benzene rings is 2. The van der Waals surface area contributed by atoms with Crippen molar-refractivity contribution in [3.63, 3.8) is 0 Å². The zero-order valence-electron chi connectivity index (χ0n) is 17.6. The van der Waals surface area contributed by atoms with Crippen LogP contribution in [0.4, 0.5) is 8.78 Å². The first-order valence-corrected chi connectivity index (χ1v) is 11.7. The van der Waals surface area contributed by atoms with E-state index in [1.54, 1.807) is 0 Å². The van der Waals surface area contributed by atoms with Crippen molar-refractivity contribution >= 4 is 15.9 Å². The Hall–Kier alpha value is -2.36. The predicted octanol–water partition coefficient (Wildman–Crippen LogP) is 2.71. The molecule has 6 nitrogen and oxygen atoms in total. The average molecular weight is 452 g/mol. The highest BCUT2D eigenvalue weighted by molar-refractivity contribution is 7.89. The second-order valence-electron chi connectivity index (χ2n) is 7.64. The molecule has 1 fully saturated rings. The van der Waals surface area contributed by atoms with Gasteiger partial charge in [0, 0.05) is 26.2 Å². The van der Waals surface area contributed by atoms with Gasteiger partial charge in [-0.1, -0.05) is 31.2 Å². The zero-order chi connectivity index (χ0) is 22.6. The number of rotatable bonds is 7. The van der Waals surface area contributed by atoms with Gasteiger partial charge in [0.05, 0.1) is 12.6 Å². The van der Waals surface area contributed by atoms with Crippen LogP contribution in [0.2, 0.25) is 0 Å². The van der Waals surface area contributed by atoms with Gasteiger partial charge in [0.25, 0.3) is 0 Å². The van der Waals surface area contributed by atoms with Gasteiger partial charge >= 0.3 is 0 Å². The van der Waals surface area contributed by atoms with Crippen LogP contribution in [0.25, 0.3) is 0 Å². The normalized spacial score (nSPS) is 16.8. The fourth-order valence-electron chi connectivity index (χ4n) is 3.56. The van der Waals surface area contributed by atoms with Gasteiger partial charge in [0.1, 0.15) is 16.5 Å². The molecule has 168 valence electrons. The average Bonchev–Trinajstić information content (AvgIpc) is 2.75. The third-order valence-corrected chi connectivity index (χ3v) is 7.39. The molecule has 1 atom stereocenters. The Morgan fingerprint density at radius 1 is 1.06 bits per heavy atom. The Bertz CT molecular complexity index is 1020. The van der Waals surface area contributed by atoms with E-state index in [1.165, 1.54) is 5.56 Å². The summed E-state index contributed by atoms with van der Waals surface area (Å²) in [6.07, 6.45) is 0.953. The molecule has 1 aliphatic rings. The number of carbonyl (C=O) groups excluding carboxylic acids is 1. The van der Waals surface area contributed by atoms with Gasteiger partial charge < -0.3 is 5.32 Å². The molecular formula is C22H27F2N3O3S. The first-order chi connectivity index (χ1) is 14.7. The minimum atomic E-state index is -4.14. The molecular weight excluding hydrogens is 424 g/mol. The molecule has 0 bridgehead atoms. The van der Waals surface area contributed by atoms with E-state index in [0.717, 1.165) is 28.4 Å². The third-order valence-electron chi connectivity index (χ3n) is 5.48. The molecule has 1 heterocycles. The smallest absolute Gasteiger partial charge is 0.246 e. The lowest BCUT2D eigenvalue weighted by molar-refractivity contribution is -0.123. The number of hydrogen-bond donors (Lipinski definition) is 1. The Kier molecular flexibility index (Phi) is 7.40. The Morgan fingerprint density at radius 2 is 1.71 bits per heavy atom. The van der Waals surface area contributed by atoms with Crippen LogP contribution >= 0.6 is 0 Å². The number of halogens is 2. The maximum atomic E-state index is 13.9. The van der Waals surface area contributed by atoms with Crippen LogP contribution < -0.4 is 5.32 Å². The number of amides is 1. The van der Waals surface area contributed by atoms with Crippen molar-refractivity contribution in [3.05, 3.63) is 65.2 Å². The number of aryl methyl sites for hydroxylation is 1. The molecule has 1 amide bonds. The summed E-state index contributed by atoms with van der Waals surface area (Å²) in [5.41, 5.74) is 2.24. The van der Waals surface area contributed by atoms with Crippen molar-refractivity contribution in [2.24, 2.45) is 0 Å². The number of hydrogen-bond acceptors (Lipinski definition) is 4. The molecule has 9 heteroatoms. The Labute approximate surface area is 181 Å². The summed E-state index contributed by atoms with van der Waals surface area (Å²) in [4.78, 5) is 13.6. The maximum Gasteiger partial charge on any atom is 0.246 e. The van der Waals surface area contributed by atoms with Crippen molar-refractivity contribution in [3.8, 4) is 0 Å². The lowest BCUT2D eigenvalue weighted by Crippen LogP contribution is -2.51. The molecule has 2 aromatic rings. The lowest BCUT2D eigenvalue weighted by atomic mass is 10.1. The van der Waals surface area contributed by atoms with E-state index in [0.29, 0.717) is 19.2 Å². The van der Waals surface area contributed by atoms with Gasteiger partial charge in [0.15, 0.2) is 0 Å². The molecule has 0 saturated carbocycles. The molecule has 1 unspecified atom stereocenters. The van der Waals surface area contributed by atoms with Crippen LogP contribution in [0.15, 0.2) is 47.4 Å². The van der Waals surface area contributed by atoms with E-state index in [9.17, 15) is 22.0 Å². The highest BCUT2D eigenvalue weighted by atomic mass is 32.2. The van der Waals surface area contributed by atoms with E-state index >= 15 is 0 Å². The first kappa shape index (κ1) is 23.3. The SMILES string of the molecule is CCc1ccc(C(C)NC(=O)CN2CCN(S(=O)(=O)c3cc(F)ccc3F)CC2)cc1. The van der Waals surface area contributed by atoms with Gasteiger partial charge in [-0.05, 0) is 42.7 Å². The van der Waals surface area contributed by atoms with E-state index in [4.69, 9.17) is 0 Å². The van der Waals surface area contributed by atoms with Crippen molar-refractivity contribution in [2.45, 2.75) is 31.2 Å². The molecule has 1 saturated heterocycles. The van der Waals surface area contributed by atoms with Crippen molar-refractivity contribution in [1.82, 2.24) is 14.5 Å². The van der Waals surface area contributed by atoms with Crippen LogP contribution in [0.3, 0.4) is 0 Å². The van der Waals surface area contributed by atoms with Gasteiger partial charge in [-0.2, -0.15) is 4.31 Å². The first-order valence-electron chi connectivity index (χ1n) is 10.3. The van der Waals surface area contributed by atoms with E-state index < -0.39 is 26.6 Å². The van der Waals surface area contributed by atoms with Crippen molar-refractivity contribution in [1.29, 1.82) is 0 Å². The second kappa shape index (κ2) is 9.84. The highest BCUT2D eigenvalue weighted by Crippen LogP contribution is 2.22. The Morgan fingerprint density at radius 3 is 2.32 bits per heavy atom. The van der Waals surface area contributed by atoms with Gasteiger partial charge in [0.2, 0.25) is 15.9 Å². The summed E-state index contributed by atoms with van der Waals surface area (Å²) < 4.78 is 53.8. The van der Waals surface area contributed by atoms with Crippen LogP contribution in [-0.2, 0) is 21.2 Å². The fourth-order valence-corrected chi connectivity index (χ4v) is 5.06. The molecule has 0 aromatic heterocycles. The second-order valence-corrected chi connectivity index (χ2v) is 9.55. The molecule has 1 N–H and O–H groups in total. The lowest BCUT2D eigenvalue weighted by Gasteiger charge is -2.33. The third kappa shape index (κ3) is 5.66. The molecule has 1 aliphatic heterocycles. The topological polar surface area (TPSA) is 69.7 Å². The van der Waals surface area contributed by atoms with Gasteiger partial charge in [-0.15, -0.1) is 0 Å². The monoisotopic (exact) mass is 451 g/mol. The largest absolute Gasteiger partial charge is 0.348 e. The predicted molar refractivity (Wildman–Crippen MR) is 114 cm³/mol.